The molecule has 16 heavy (non-hydrogen) atoms. The molecule has 0 aliphatic carbocycles. The van der Waals surface area contributed by atoms with E-state index in [9.17, 15) is 9.59 Å². The first-order valence-electron chi connectivity index (χ1n) is 5.69. The van der Waals surface area contributed by atoms with Crippen LogP contribution >= 0.6 is 0 Å². The molecule has 0 spiro atoms. The van der Waals surface area contributed by atoms with Gasteiger partial charge in [0.2, 0.25) is 0 Å². The number of carboxylic acid groups (broad SMARTS) is 1. The van der Waals surface area contributed by atoms with Crippen LogP contribution in [-0.4, -0.2) is 47.7 Å². The molecule has 1 saturated heterocycles. The van der Waals surface area contributed by atoms with E-state index in [-0.39, 0.29) is 5.91 Å². The fourth-order valence-electron chi connectivity index (χ4n) is 1.96. The van der Waals surface area contributed by atoms with Gasteiger partial charge in [-0.3, -0.25) is 9.59 Å². The van der Waals surface area contributed by atoms with E-state index in [1.807, 2.05) is 6.92 Å². The first-order chi connectivity index (χ1) is 7.56. The molecule has 5 heteroatoms. The summed E-state index contributed by atoms with van der Waals surface area (Å²) in [4.78, 5) is 24.3. The standard InChI is InChI=1S/C11H19NO4/c1-3-16-8(2)10(13)12-6-4-5-9(7-12)11(14)15/h8-9H,3-7H2,1-2H3,(H,14,15). The highest BCUT2D eigenvalue weighted by Crippen LogP contribution is 2.17. The number of piperidine rings is 1. The van der Waals surface area contributed by atoms with Gasteiger partial charge in [-0.05, 0) is 26.7 Å². The maximum Gasteiger partial charge on any atom is 0.308 e. The number of rotatable bonds is 4. The lowest BCUT2D eigenvalue weighted by Gasteiger charge is -2.32. The van der Waals surface area contributed by atoms with Crippen molar-refractivity contribution < 1.29 is 19.4 Å². The van der Waals surface area contributed by atoms with Crippen LogP contribution in [0.2, 0.25) is 0 Å². The molecule has 92 valence electrons. The first-order valence-corrected chi connectivity index (χ1v) is 5.69. The van der Waals surface area contributed by atoms with Crippen LogP contribution in [0.1, 0.15) is 26.7 Å². The van der Waals surface area contributed by atoms with E-state index in [1.54, 1.807) is 11.8 Å². The Morgan fingerprint density at radius 2 is 2.25 bits per heavy atom. The van der Waals surface area contributed by atoms with Crippen LogP contribution in [-0.2, 0) is 14.3 Å². The van der Waals surface area contributed by atoms with Crippen LogP contribution in [0.25, 0.3) is 0 Å². The molecule has 1 amide bonds. The highest BCUT2D eigenvalue weighted by molar-refractivity contribution is 5.81. The smallest absolute Gasteiger partial charge is 0.308 e. The summed E-state index contributed by atoms with van der Waals surface area (Å²) in [7, 11) is 0. The number of hydrogen-bond donors (Lipinski definition) is 1. The molecule has 0 aromatic heterocycles. The lowest BCUT2D eigenvalue weighted by atomic mass is 9.98. The van der Waals surface area contributed by atoms with Crippen LogP contribution in [0.5, 0.6) is 0 Å². The number of carboxylic acids is 1. The van der Waals surface area contributed by atoms with Gasteiger partial charge in [0.25, 0.3) is 5.91 Å². The second-order valence-electron chi connectivity index (χ2n) is 4.06. The van der Waals surface area contributed by atoms with E-state index >= 15 is 0 Å². The van der Waals surface area contributed by atoms with Gasteiger partial charge < -0.3 is 14.7 Å². The van der Waals surface area contributed by atoms with Crippen molar-refractivity contribution in [1.29, 1.82) is 0 Å². The average molecular weight is 229 g/mol. The molecular weight excluding hydrogens is 210 g/mol. The molecule has 0 saturated carbocycles. The number of carbonyl (C=O) groups excluding carboxylic acids is 1. The van der Waals surface area contributed by atoms with Crippen LogP contribution < -0.4 is 0 Å². The maximum absolute atomic E-state index is 11.9. The largest absolute Gasteiger partial charge is 0.481 e. The minimum absolute atomic E-state index is 0.104. The number of nitrogens with zero attached hydrogens (tertiary/aromatic N) is 1. The molecule has 0 radical (unpaired) electrons. The lowest BCUT2D eigenvalue weighted by Crippen LogP contribution is -2.46. The van der Waals surface area contributed by atoms with E-state index in [0.717, 1.165) is 6.42 Å². The molecule has 1 fully saturated rings. The molecule has 0 aromatic carbocycles. The van der Waals surface area contributed by atoms with E-state index in [2.05, 4.69) is 0 Å². The van der Waals surface area contributed by atoms with Crippen molar-refractivity contribution in [3.63, 3.8) is 0 Å². The summed E-state index contributed by atoms with van der Waals surface area (Å²) >= 11 is 0. The minimum Gasteiger partial charge on any atom is -0.481 e. The van der Waals surface area contributed by atoms with Gasteiger partial charge in [0.15, 0.2) is 0 Å². The molecule has 1 rings (SSSR count). The Hall–Kier alpha value is -1.10. The van der Waals surface area contributed by atoms with Gasteiger partial charge in [-0.25, -0.2) is 0 Å². The Kier molecular flexibility index (Phi) is 4.73. The van der Waals surface area contributed by atoms with Crippen molar-refractivity contribution in [2.45, 2.75) is 32.8 Å². The van der Waals surface area contributed by atoms with Crippen molar-refractivity contribution in [2.24, 2.45) is 5.92 Å². The predicted molar refractivity (Wildman–Crippen MR) is 58.0 cm³/mol. The minimum atomic E-state index is -0.818. The third kappa shape index (κ3) is 3.20. The van der Waals surface area contributed by atoms with E-state index in [0.29, 0.717) is 26.1 Å². The number of hydrogen-bond acceptors (Lipinski definition) is 3. The summed E-state index contributed by atoms with van der Waals surface area (Å²) in [6.45, 7) is 4.98. The Morgan fingerprint density at radius 1 is 1.56 bits per heavy atom. The van der Waals surface area contributed by atoms with Crippen LogP contribution in [0.15, 0.2) is 0 Å². The molecule has 2 unspecified atom stereocenters. The van der Waals surface area contributed by atoms with Crippen LogP contribution in [0, 0.1) is 5.92 Å². The Bertz CT molecular complexity index is 267. The Morgan fingerprint density at radius 3 is 2.81 bits per heavy atom. The average Bonchev–Trinajstić information content (AvgIpc) is 2.28. The van der Waals surface area contributed by atoms with E-state index in [1.165, 1.54) is 0 Å². The number of carbonyl (C=O) groups is 2. The van der Waals surface area contributed by atoms with Crippen molar-refractivity contribution in [3.8, 4) is 0 Å². The predicted octanol–water partition coefficient (Wildman–Crippen LogP) is 0.735. The molecule has 1 aliphatic rings. The second kappa shape index (κ2) is 5.84. The zero-order chi connectivity index (χ0) is 12.1. The van der Waals surface area contributed by atoms with E-state index in [4.69, 9.17) is 9.84 Å². The number of ether oxygens (including phenoxy) is 1. The molecule has 2 atom stereocenters. The van der Waals surface area contributed by atoms with Gasteiger partial charge >= 0.3 is 5.97 Å². The topological polar surface area (TPSA) is 66.8 Å². The molecular formula is C11H19NO4. The fourth-order valence-corrected chi connectivity index (χ4v) is 1.96. The van der Waals surface area contributed by atoms with Gasteiger partial charge in [0.05, 0.1) is 5.92 Å². The highest BCUT2D eigenvalue weighted by Gasteiger charge is 2.30. The molecule has 1 aliphatic heterocycles. The molecule has 0 bridgehead atoms. The Balaban J connectivity index is 2.53. The number of aliphatic carboxylic acids is 1. The van der Waals surface area contributed by atoms with Crippen LogP contribution in [0.3, 0.4) is 0 Å². The van der Waals surface area contributed by atoms with Crippen molar-refractivity contribution in [2.75, 3.05) is 19.7 Å². The summed E-state index contributed by atoms with van der Waals surface area (Å²) in [5, 5.41) is 8.91. The third-order valence-corrected chi connectivity index (χ3v) is 2.85. The number of amides is 1. The zero-order valence-corrected chi connectivity index (χ0v) is 9.81. The monoisotopic (exact) mass is 229 g/mol. The van der Waals surface area contributed by atoms with Crippen LogP contribution in [0.4, 0.5) is 0 Å². The summed E-state index contributed by atoms with van der Waals surface area (Å²) in [6.07, 6.45) is 0.932. The van der Waals surface area contributed by atoms with Gasteiger partial charge in [-0.2, -0.15) is 0 Å². The molecule has 5 nitrogen and oxygen atoms in total. The summed E-state index contributed by atoms with van der Waals surface area (Å²) in [6, 6.07) is 0. The molecule has 1 N–H and O–H groups in total. The zero-order valence-electron chi connectivity index (χ0n) is 9.81. The fraction of sp³-hybridized carbons (Fsp3) is 0.818. The van der Waals surface area contributed by atoms with Gasteiger partial charge in [0, 0.05) is 19.7 Å². The van der Waals surface area contributed by atoms with E-state index < -0.39 is 18.0 Å². The molecule has 0 aromatic rings. The summed E-state index contributed by atoms with van der Waals surface area (Å²) in [5.41, 5.74) is 0. The highest BCUT2D eigenvalue weighted by atomic mass is 16.5. The quantitative estimate of drug-likeness (QED) is 0.772. The third-order valence-electron chi connectivity index (χ3n) is 2.85. The first kappa shape index (κ1) is 13.0. The van der Waals surface area contributed by atoms with Crippen molar-refractivity contribution in [3.05, 3.63) is 0 Å². The lowest BCUT2D eigenvalue weighted by molar-refractivity contribution is -0.149. The number of likely N-dealkylation sites (tertiary alicyclic amines) is 1. The second-order valence-corrected chi connectivity index (χ2v) is 4.06. The van der Waals surface area contributed by atoms with Crippen molar-refractivity contribution >= 4 is 11.9 Å². The maximum atomic E-state index is 11.9. The SMILES string of the molecule is CCOC(C)C(=O)N1CCCC(C(=O)O)C1. The Labute approximate surface area is 95.4 Å². The summed E-state index contributed by atoms with van der Waals surface area (Å²) in [5.74, 6) is -1.35. The van der Waals surface area contributed by atoms with Gasteiger partial charge in [-0.1, -0.05) is 0 Å². The van der Waals surface area contributed by atoms with Gasteiger partial charge in [0.1, 0.15) is 6.10 Å². The summed E-state index contributed by atoms with van der Waals surface area (Å²) < 4.78 is 5.21. The normalized spacial score (nSPS) is 22.9. The van der Waals surface area contributed by atoms with Crippen molar-refractivity contribution in [1.82, 2.24) is 4.90 Å². The molecule has 1 heterocycles. The van der Waals surface area contributed by atoms with Gasteiger partial charge in [-0.15, -0.1) is 0 Å².